The molecule has 1 aliphatic heterocycles. The molecule has 0 saturated heterocycles. The largest absolute Gasteiger partial charge is 0.129 e. The van der Waals surface area contributed by atoms with Crippen LogP contribution < -0.4 is 0 Å². The zero-order valence-electron chi connectivity index (χ0n) is 5.88. The molecule has 0 nitrogen and oxygen atoms in total. The van der Waals surface area contributed by atoms with Crippen molar-refractivity contribution >= 4 is 33.8 Å². The maximum atomic E-state index is 3.46. The molecule has 0 amide bonds. The molecule has 0 N–H and O–H groups in total. The highest BCUT2D eigenvalue weighted by Gasteiger charge is 2.03. The van der Waals surface area contributed by atoms with Gasteiger partial charge in [-0.2, -0.15) is 0 Å². The van der Waals surface area contributed by atoms with Crippen molar-refractivity contribution in [2.45, 2.75) is 5.75 Å². The average molecular weight is 227 g/mol. The Morgan fingerprint density at radius 3 is 3.18 bits per heavy atom. The molecule has 0 unspecified atom stereocenters. The summed E-state index contributed by atoms with van der Waals surface area (Å²) in [6, 6.07) is 6.42. The second-order valence-electron chi connectivity index (χ2n) is 2.46. The van der Waals surface area contributed by atoms with E-state index in [1.54, 1.807) is 0 Å². The maximum Gasteiger partial charge on any atom is 0.0232 e. The van der Waals surface area contributed by atoms with Crippen LogP contribution in [0.2, 0.25) is 0 Å². The normalized spacial score (nSPS) is 14.6. The van der Waals surface area contributed by atoms with Gasteiger partial charge in [-0.05, 0) is 34.7 Å². The minimum Gasteiger partial charge on any atom is -0.129 e. The van der Waals surface area contributed by atoms with Crippen LogP contribution in [0.4, 0.5) is 0 Å². The summed E-state index contributed by atoms with van der Waals surface area (Å²) in [6.07, 6.45) is 2.16. The van der Waals surface area contributed by atoms with E-state index in [2.05, 4.69) is 45.6 Å². The van der Waals surface area contributed by atoms with Crippen LogP contribution in [-0.2, 0) is 5.75 Å². The molecular formula is C9H7BrS. The third-order valence-electron chi connectivity index (χ3n) is 1.69. The molecule has 0 saturated carbocycles. The van der Waals surface area contributed by atoms with Crippen LogP contribution in [0, 0.1) is 0 Å². The third kappa shape index (κ3) is 1.52. The summed E-state index contributed by atoms with van der Waals surface area (Å²) in [5, 5.41) is 2.15. The van der Waals surface area contributed by atoms with Gasteiger partial charge in [-0.1, -0.05) is 22.0 Å². The molecule has 0 bridgehead atoms. The number of hydrogen-bond acceptors (Lipinski definition) is 1. The number of benzene rings is 1. The zero-order chi connectivity index (χ0) is 7.68. The van der Waals surface area contributed by atoms with Crippen molar-refractivity contribution in [1.82, 2.24) is 0 Å². The van der Waals surface area contributed by atoms with E-state index in [9.17, 15) is 0 Å². The Hall–Kier alpha value is -0.210. The molecule has 2 heteroatoms. The van der Waals surface area contributed by atoms with Gasteiger partial charge in [0.25, 0.3) is 0 Å². The van der Waals surface area contributed by atoms with Crippen molar-refractivity contribution in [1.29, 1.82) is 0 Å². The summed E-state index contributed by atoms with van der Waals surface area (Å²) in [5.41, 5.74) is 2.78. The lowest BCUT2D eigenvalue weighted by Gasteiger charge is -2.09. The predicted octanol–water partition coefficient (Wildman–Crippen LogP) is 3.67. The molecule has 1 aromatic carbocycles. The Bertz CT molecular complexity index is 304. The highest BCUT2D eigenvalue weighted by molar-refractivity contribution is 9.10. The maximum absolute atomic E-state index is 3.46. The Kier molecular flexibility index (Phi) is 2.05. The molecular weight excluding hydrogens is 220 g/mol. The van der Waals surface area contributed by atoms with Crippen LogP contribution in [-0.4, -0.2) is 0 Å². The molecule has 11 heavy (non-hydrogen) atoms. The standard InChI is InChI=1S/C9H7BrS/c10-9-2-1-7-3-4-11-6-8(7)5-9/h1-5H,6H2. The van der Waals surface area contributed by atoms with Crippen molar-refractivity contribution in [3.05, 3.63) is 39.2 Å². The quantitative estimate of drug-likeness (QED) is 0.651. The number of halogens is 1. The van der Waals surface area contributed by atoms with E-state index in [1.165, 1.54) is 15.6 Å². The molecule has 1 aromatic rings. The van der Waals surface area contributed by atoms with Gasteiger partial charge in [0.1, 0.15) is 0 Å². The molecule has 0 atom stereocenters. The number of fused-ring (bicyclic) bond motifs is 1. The monoisotopic (exact) mass is 226 g/mol. The smallest absolute Gasteiger partial charge is 0.0232 e. The highest BCUT2D eigenvalue weighted by Crippen LogP contribution is 2.27. The van der Waals surface area contributed by atoms with E-state index < -0.39 is 0 Å². The summed E-state index contributed by atoms with van der Waals surface area (Å²) < 4.78 is 1.17. The molecule has 0 aromatic heterocycles. The summed E-state index contributed by atoms with van der Waals surface area (Å²) in [5.74, 6) is 1.10. The fraction of sp³-hybridized carbons (Fsp3) is 0.111. The van der Waals surface area contributed by atoms with Crippen molar-refractivity contribution in [2.24, 2.45) is 0 Å². The van der Waals surface area contributed by atoms with Crippen LogP contribution in [0.15, 0.2) is 28.1 Å². The first-order valence-electron chi connectivity index (χ1n) is 3.43. The first-order valence-corrected chi connectivity index (χ1v) is 5.27. The van der Waals surface area contributed by atoms with E-state index in [1.807, 2.05) is 11.8 Å². The summed E-state index contributed by atoms with van der Waals surface area (Å²) in [6.45, 7) is 0. The van der Waals surface area contributed by atoms with Crippen molar-refractivity contribution in [3.8, 4) is 0 Å². The lowest BCUT2D eigenvalue weighted by atomic mass is 10.1. The van der Waals surface area contributed by atoms with Gasteiger partial charge < -0.3 is 0 Å². The van der Waals surface area contributed by atoms with Gasteiger partial charge in [-0.15, -0.1) is 11.8 Å². The number of rotatable bonds is 0. The van der Waals surface area contributed by atoms with Gasteiger partial charge in [-0.25, -0.2) is 0 Å². The summed E-state index contributed by atoms with van der Waals surface area (Å²) >= 11 is 5.30. The van der Waals surface area contributed by atoms with Gasteiger partial charge >= 0.3 is 0 Å². The van der Waals surface area contributed by atoms with Crippen LogP contribution in [0.5, 0.6) is 0 Å². The zero-order valence-corrected chi connectivity index (χ0v) is 8.28. The topological polar surface area (TPSA) is 0 Å². The second kappa shape index (κ2) is 3.03. The van der Waals surface area contributed by atoms with E-state index in [0.717, 1.165) is 5.75 Å². The van der Waals surface area contributed by atoms with Gasteiger partial charge in [0, 0.05) is 10.2 Å². The number of thioether (sulfide) groups is 1. The Morgan fingerprint density at radius 1 is 1.36 bits per heavy atom. The third-order valence-corrected chi connectivity index (χ3v) is 2.99. The fourth-order valence-electron chi connectivity index (χ4n) is 1.12. The SMILES string of the molecule is Brc1ccc2c(c1)CSC=C2. The first kappa shape index (κ1) is 7.44. The van der Waals surface area contributed by atoms with E-state index in [0.29, 0.717) is 0 Å². The van der Waals surface area contributed by atoms with Gasteiger partial charge in [0.15, 0.2) is 0 Å². The van der Waals surface area contributed by atoms with E-state index in [4.69, 9.17) is 0 Å². The Balaban J connectivity index is 2.53. The molecule has 56 valence electrons. The average Bonchev–Trinajstić information content (AvgIpc) is 2.04. The van der Waals surface area contributed by atoms with Gasteiger partial charge in [0.05, 0.1) is 0 Å². The van der Waals surface area contributed by atoms with Crippen LogP contribution in [0.25, 0.3) is 6.08 Å². The van der Waals surface area contributed by atoms with E-state index >= 15 is 0 Å². The van der Waals surface area contributed by atoms with Crippen LogP contribution >= 0.6 is 27.7 Å². The first-order chi connectivity index (χ1) is 5.36. The molecule has 2 rings (SSSR count). The van der Waals surface area contributed by atoms with E-state index in [-0.39, 0.29) is 0 Å². The molecule has 0 radical (unpaired) electrons. The van der Waals surface area contributed by atoms with Crippen LogP contribution in [0.3, 0.4) is 0 Å². The highest BCUT2D eigenvalue weighted by atomic mass is 79.9. The molecule has 1 heterocycles. The van der Waals surface area contributed by atoms with Gasteiger partial charge in [-0.3, -0.25) is 0 Å². The Morgan fingerprint density at radius 2 is 2.27 bits per heavy atom. The minimum atomic E-state index is 1.10. The van der Waals surface area contributed by atoms with Crippen molar-refractivity contribution in [3.63, 3.8) is 0 Å². The van der Waals surface area contributed by atoms with Crippen molar-refractivity contribution < 1.29 is 0 Å². The second-order valence-corrected chi connectivity index (χ2v) is 4.27. The summed E-state index contributed by atoms with van der Waals surface area (Å²) in [4.78, 5) is 0. The lowest BCUT2D eigenvalue weighted by molar-refractivity contribution is 1.37. The van der Waals surface area contributed by atoms with Gasteiger partial charge in [0.2, 0.25) is 0 Å². The summed E-state index contributed by atoms with van der Waals surface area (Å²) in [7, 11) is 0. The molecule has 1 aliphatic rings. The predicted molar refractivity (Wildman–Crippen MR) is 54.5 cm³/mol. The van der Waals surface area contributed by atoms with Crippen molar-refractivity contribution in [2.75, 3.05) is 0 Å². The number of hydrogen-bond donors (Lipinski definition) is 0. The molecule has 0 spiro atoms. The fourth-order valence-corrected chi connectivity index (χ4v) is 2.30. The Labute approximate surface area is 78.8 Å². The lowest BCUT2D eigenvalue weighted by Crippen LogP contribution is -1.88. The molecule has 0 fully saturated rings. The minimum absolute atomic E-state index is 1.10. The molecule has 0 aliphatic carbocycles. The van der Waals surface area contributed by atoms with Crippen LogP contribution in [0.1, 0.15) is 11.1 Å².